The first-order valence-electron chi connectivity index (χ1n) is 9.82. The van der Waals surface area contributed by atoms with E-state index in [0.717, 1.165) is 31.7 Å². The zero-order valence-corrected chi connectivity index (χ0v) is 17.4. The molecule has 1 aliphatic carbocycles. The number of aromatic nitrogens is 4. The summed E-state index contributed by atoms with van der Waals surface area (Å²) in [5.74, 6) is 0.898. The highest BCUT2D eigenvalue weighted by Crippen LogP contribution is 2.35. The number of ether oxygens (including phenoxy) is 1. The number of halogens is 4. The summed E-state index contributed by atoms with van der Waals surface area (Å²) in [4.78, 5) is 8.30. The Hall–Kier alpha value is -2.65. The Morgan fingerprint density at radius 2 is 1.84 bits per heavy atom. The summed E-state index contributed by atoms with van der Waals surface area (Å²) >= 11 is 0. The summed E-state index contributed by atoms with van der Waals surface area (Å²) in [5.41, 5.74) is 6.19. The molecule has 0 spiro atoms. The van der Waals surface area contributed by atoms with Gasteiger partial charge in [-0.25, -0.2) is 14.6 Å². The van der Waals surface area contributed by atoms with E-state index in [1.165, 1.54) is 35.5 Å². The largest absolute Gasteiger partial charge is 0.489 e. The molecule has 166 valence electrons. The maximum absolute atomic E-state index is 13.3. The summed E-state index contributed by atoms with van der Waals surface area (Å²) in [6.45, 7) is 0.526. The molecule has 3 aromatic rings. The highest BCUT2D eigenvalue weighted by Gasteiger charge is 2.34. The third-order valence-corrected chi connectivity index (χ3v) is 5.36. The fourth-order valence-electron chi connectivity index (χ4n) is 3.69. The molecule has 2 aromatic heterocycles. The number of hydrogen-bond donors (Lipinski definition) is 1. The average molecular weight is 454 g/mol. The van der Waals surface area contributed by atoms with Gasteiger partial charge >= 0.3 is 6.18 Å². The van der Waals surface area contributed by atoms with Crippen LogP contribution < -0.4 is 10.5 Å². The van der Waals surface area contributed by atoms with Gasteiger partial charge in [0.15, 0.2) is 5.75 Å². The van der Waals surface area contributed by atoms with Gasteiger partial charge in [0.25, 0.3) is 0 Å². The summed E-state index contributed by atoms with van der Waals surface area (Å²) < 4.78 is 47.2. The van der Waals surface area contributed by atoms with Crippen molar-refractivity contribution in [3.05, 3.63) is 54.7 Å². The van der Waals surface area contributed by atoms with E-state index in [9.17, 15) is 13.2 Å². The quantitative estimate of drug-likeness (QED) is 0.607. The highest BCUT2D eigenvalue weighted by atomic mass is 35.5. The molecule has 6 nitrogen and oxygen atoms in total. The summed E-state index contributed by atoms with van der Waals surface area (Å²) in [6, 6.07) is 5.57. The Morgan fingerprint density at radius 3 is 2.58 bits per heavy atom. The first-order chi connectivity index (χ1) is 14.4. The molecular weight excluding hydrogens is 431 g/mol. The van der Waals surface area contributed by atoms with Gasteiger partial charge in [0.1, 0.15) is 12.0 Å². The van der Waals surface area contributed by atoms with Gasteiger partial charge in [-0.15, -0.1) is 12.4 Å². The predicted molar refractivity (Wildman–Crippen MR) is 112 cm³/mol. The molecule has 2 heterocycles. The van der Waals surface area contributed by atoms with Crippen molar-refractivity contribution in [1.29, 1.82) is 0 Å². The SMILES string of the molecule is Cl.N[C@H]1CC[C@@H](COc2cncnc2-c2cnn(-c3ccccc3C(F)(F)F)c2)CC1. The van der Waals surface area contributed by atoms with Crippen LogP contribution in [0.2, 0.25) is 0 Å². The van der Waals surface area contributed by atoms with Gasteiger partial charge < -0.3 is 10.5 Å². The Morgan fingerprint density at radius 1 is 1.10 bits per heavy atom. The fraction of sp³-hybridized carbons (Fsp3) is 0.381. The van der Waals surface area contributed by atoms with Gasteiger partial charge in [0.2, 0.25) is 0 Å². The van der Waals surface area contributed by atoms with Gasteiger partial charge in [0, 0.05) is 17.8 Å². The van der Waals surface area contributed by atoms with Crippen LogP contribution in [-0.4, -0.2) is 32.4 Å². The van der Waals surface area contributed by atoms with Crippen molar-refractivity contribution < 1.29 is 17.9 Å². The maximum atomic E-state index is 13.3. The third kappa shape index (κ3) is 5.34. The smallest absolute Gasteiger partial charge is 0.418 e. The zero-order chi connectivity index (χ0) is 21.1. The molecule has 0 saturated heterocycles. The second-order valence-corrected chi connectivity index (χ2v) is 7.52. The lowest BCUT2D eigenvalue weighted by molar-refractivity contribution is -0.137. The molecule has 0 amide bonds. The van der Waals surface area contributed by atoms with Gasteiger partial charge in [-0.2, -0.15) is 18.3 Å². The van der Waals surface area contributed by atoms with E-state index in [1.807, 2.05) is 0 Å². The number of para-hydroxylation sites is 1. The normalized spacial score (nSPS) is 19.0. The van der Waals surface area contributed by atoms with Crippen LogP contribution in [0.5, 0.6) is 5.75 Å². The number of rotatable bonds is 5. The van der Waals surface area contributed by atoms with Gasteiger partial charge in [-0.05, 0) is 43.7 Å². The Kier molecular flexibility index (Phi) is 7.17. The molecule has 1 aliphatic rings. The molecule has 0 aliphatic heterocycles. The van der Waals surface area contributed by atoms with E-state index >= 15 is 0 Å². The Labute approximate surface area is 184 Å². The molecule has 4 rings (SSSR count). The molecule has 1 saturated carbocycles. The topological polar surface area (TPSA) is 78.8 Å². The Balaban J connectivity index is 0.00000272. The van der Waals surface area contributed by atoms with E-state index in [4.69, 9.17) is 10.5 Å². The van der Waals surface area contributed by atoms with E-state index in [-0.39, 0.29) is 24.1 Å². The average Bonchev–Trinajstić information content (AvgIpc) is 3.23. The van der Waals surface area contributed by atoms with Crippen LogP contribution in [0.15, 0.2) is 49.2 Å². The van der Waals surface area contributed by atoms with Crippen LogP contribution in [0.4, 0.5) is 13.2 Å². The van der Waals surface area contributed by atoms with E-state index < -0.39 is 11.7 Å². The highest BCUT2D eigenvalue weighted by molar-refractivity contribution is 5.85. The van der Waals surface area contributed by atoms with Crippen LogP contribution in [0.3, 0.4) is 0 Å². The lowest BCUT2D eigenvalue weighted by Gasteiger charge is -2.26. The summed E-state index contributed by atoms with van der Waals surface area (Å²) in [5, 5.41) is 4.12. The van der Waals surface area contributed by atoms with Crippen LogP contribution in [0, 0.1) is 5.92 Å². The number of nitrogens with zero attached hydrogens (tertiary/aromatic N) is 4. The van der Waals surface area contributed by atoms with E-state index in [2.05, 4.69) is 15.1 Å². The van der Waals surface area contributed by atoms with Crippen LogP contribution in [-0.2, 0) is 6.18 Å². The van der Waals surface area contributed by atoms with Crippen LogP contribution >= 0.6 is 12.4 Å². The zero-order valence-electron chi connectivity index (χ0n) is 16.6. The van der Waals surface area contributed by atoms with Gasteiger partial charge in [-0.3, -0.25) is 0 Å². The van der Waals surface area contributed by atoms with Crippen molar-refractivity contribution in [3.8, 4) is 22.7 Å². The summed E-state index contributed by atoms with van der Waals surface area (Å²) in [6.07, 6.45) is 5.44. The first-order valence-corrected chi connectivity index (χ1v) is 9.82. The van der Waals surface area contributed by atoms with Crippen molar-refractivity contribution in [1.82, 2.24) is 19.7 Å². The van der Waals surface area contributed by atoms with Crippen molar-refractivity contribution in [2.45, 2.75) is 37.9 Å². The lowest BCUT2D eigenvalue weighted by atomic mass is 9.87. The maximum Gasteiger partial charge on any atom is 0.418 e. The fourth-order valence-corrected chi connectivity index (χ4v) is 3.69. The van der Waals surface area contributed by atoms with Crippen LogP contribution in [0.1, 0.15) is 31.2 Å². The molecular formula is C21H23ClF3N5O. The molecule has 0 radical (unpaired) electrons. The molecule has 1 aromatic carbocycles. The Bertz CT molecular complexity index is 1000. The molecule has 0 unspecified atom stereocenters. The van der Waals surface area contributed by atoms with Crippen molar-refractivity contribution in [3.63, 3.8) is 0 Å². The molecule has 31 heavy (non-hydrogen) atoms. The molecule has 0 bridgehead atoms. The first kappa shape index (κ1) is 23.0. The molecule has 0 atom stereocenters. The van der Waals surface area contributed by atoms with Crippen molar-refractivity contribution >= 4 is 12.4 Å². The van der Waals surface area contributed by atoms with Crippen molar-refractivity contribution in [2.24, 2.45) is 11.7 Å². The minimum absolute atomic E-state index is 0. The third-order valence-electron chi connectivity index (χ3n) is 5.36. The minimum atomic E-state index is -4.48. The summed E-state index contributed by atoms with van der Waals surface area (Å²) in [7, 11) is 0. The van der Waals surface area contributed by atoms with Gasteiger partial charge in [-0.1, -0.05) is 12.1 Å². The molecule has 10 heteroatoms. The monoisotopic (exact) mass is 453 g/mol. The number of alkyl halides is 3. The number of hydrogen-bond acceptors (Lipinski definition) is 5. The number of nitrogens with two attached hydrogens (primary N) is 1. The standard InChI is InChI=1S/C21H22F3N5O.ClH/c22-21(23,24)17-3-1-2-4-18(17)29-11-15(9-28-29)20-19(10-26-13-27-20)30-12-14-5-7-16(25)8-6-14;/h1-4,9-11,13-14,16H,5-8,12,25H2;1H/t14-,16+;. The number of benzene rings is 1. The molecule has 1 fully saturated rings. The second-order valence-electron chi connectivity index (χ2n) is 7.52. The van der Waals surface area contributed by atoms with E-state index in [0.29, 0.717) is 29.5 Å². The van der Waals surface area contributed by atoms with E-state index in [1.54, 1.807) is 12.3 Å². The minimum Gasteiger partial charge on any atom is -0.489 e. The van der Waals surface area contributed by atoms with Crippen LogP contribution in [0.25, 0.3) is 16.9 Å². The lowest BCUT2D eigenvalue weighted by Crippen LogP contribution is -2.28. The molecule has 2 N–H and O–H groups in total. The second kappa shape index (κ2) is 9.65. The van der Waals surface area contributed by atoms with Crippen molar-refractivity contribution in [2.75, 3.05) is 6.61 Å². The predicted octanol–water partition coefficient (Wildman–Crippen LogP) is 4.67. The van der Waals surface area contributed by atoms with Gasteiger partial charge in [0.05, 0.1) is 30.3 Å².